The summed E-state index contributed by atoms with van der Waals surface area (Å²) in [6, 6.07) is 13.8. The average molecular weight is 577 g/mol. The van der Waals surface area contributed by atoms with Crippen molar-refractivity contribution in [3.05, 3.63) is 71.0 Å². The van der Waals surface area contributed by atoms with E-state index in [1.165, 1.54) is 27.3 Å². The third kappa shape index (κ3) is 5.94. The van der Waals surface area contributed by atoms with Crippen LogP contribution in [0.2, 0.25) is 0 Å². The highest BCUT2D eigenvalue weighted by atomic mass is 19.1. The van der Waals surface area contributed by atoms with E-state index in [-0.39, 0.29) is 24.4 Å². The first-order valence-corrected chi connectivity index (χ1v) is 13.1. The number of methoxy groups -OCH3 is 1. The van der Waals surface area contributed by atoms with Crippen LogP contribution < -0.4 is 21.1 Å². The van der Waals surface area contributed by atoms with Crippen LogP contribution in [0.5, 0.6) is 5.75 Å². The number of nitrogens with zero attached hydrogens (tertiary/aromatic N) is 3. The van der Waals surface area contributed by atoms with Crippen molar-refractivity contribution >= 4 is 29.2 Å². The van der Waals surface area contributed by atoms with Crippen LogP contribution in [0.15, 0.2) is 53.6 Å². The molecule has 0 fully saturated rings. The Hall–Kier alpha value is -4.81. The number of aliphatic hydroxyl groups excluding tert-OH is 1. The summed E-state index contributed by atoms with van der Waals surface area (Å²) in [4.78, 5) is 37.2. The number of aliphatic hydroxyl groups is 1. The van der Waals surface area contributed by atoms with Gasteiger partial charge in [-0.15, -0.1) is 0 Å². The van der Waals surface area contributed by atoms with Crippen molar-refractivity contribution in [1.82, 2.24) is 15.2 Å². The van der Waals surface area contributed by atoms with Crippen LogP contribution in [-0.2, 0) is 16.1 Å². The molecule has 0 saturated carbocycles. The highest BCUT2D eigenvalue weighted by Crippen LogP contribution is 2.37. The molecule has 4 amide bonds. The fraction of sp³-hybridized carbons (Fsp3) is 0.267. The Morgan fingerprint density at radius 2 is 1.71 bits per heavy atom. The minimum absolute atomic E-state index is 0.0707. The lowest BCUT2D eigenvalue weighted by Crippen LogP contribution is -2.54. The lowest BCUT2D eigenvalue weighted by molar-refractivity contribution is -0.117. The van der Waals surface area contributed by atoms with E-state index in [1.54, 1.807) is 18.2 Å². The van der Waals surface area contributed by atoms with Gasteiger partial charge >= 0.3 is 6.03 Å². The Morgan fingerprint density at radius 1 is 1.07 bits per heavy atom. The van der Waals surface area contributed by atoms with Crippen molar-refractivity contribution in [3.63, 3.8) is 0 Å². The zero-order valence-electron chi connectivity index (χ0n) is 24.0. The van der Waals surface area contributed by atoms with Crippen LogP contribution in [0.25, 0.3) is 22.3 Å². The van der Waals surface area contributed by atoms with Gasteiger partial charge in [-0.05, 0) is 65.4 Å². The number of urea groups is 1. The number of rotatable bonds is 9. The normalized spacial score (nSPS) is 15.0. The van der Waals surface area contributed by atoms with Crippen molar-refractivity contribution in [2.45, 2.75) is 26.6 Å². The SMILES string of the molecule is COc1cc(-c2cccc(-c3cccc(NC(=O)C4=NN(C)C(=O)N(C)C4O)c3C)c2C)cc(F)c1CNCC(N)=O. The van der Waals surface area contributed by atoms with Gasteiger partial charge in [-0.25, -0.2) is 14.2 Å². The molecule has 0 bridgehead atoms. The first-order chi connectivity index (χ1) is 19.9. The second-order valence-electron chi connectivity index (χ2n) is 9.90. The molecule has 3 aromatic carbocycles. The molecule has 0 saturated heterocycles. The van der Waals surface area contributed by atoms with E-state index in [2.05, 4.69) is 15.7 Å². The molecule has 5 N–H and O–H groups in total. The summed E-state index contributed by atoms with van der Waals surface area (Å²) >= 11 is 0. The van der Waals surface area contributed by atoms with Crippen LogP contribution in [0.3, 0.4) is 0 Å². The van der Waals surface area contributed by atoms with Crippen LogP contribution in [0.4, 0.5) is 14.9 Å². The molecule has 4 rings (SSSR count). The Bertz CT molecular complexity index is 1590. The highest BCUT2D eigenvalue weighted by molar-refractivity contribution is 6.45. The number of anilines is 1. The number of hydrazone groups is 1. The number of amides is 4. The van der Waals surface area contributed by atoms with Gasteiger partial charge in [0.2, 0.25) is 5.91 Å². The third-order valence-electron chi connectivity index (χ3n) is 7.17. The molecule has 1 aliphatic heterocycles. The molecule has 0 aromatic heterocycles. The lowest BCUT2D eigenvalue weighted by Gasteiger charge is -2.32. The molecule has 11 nitrogen and oxygen atoms in total. The quantitative estimate of drug-likeness (QED) is 0.308. The number of ether oxygens (including phenoxy) is 1. The molecule has 0 aliphatic carbocycles. The van der Waals surface area contributed by atoms with Crippen molar-refractivity contribution in [3.8, 4) is 28.0 Å². The molecule has 1 heterocycles. The Labute approximate surface area is 242 Å². The third-order valence-corrected chi connectivity index (χ3v) is 7.17. The number of halogens is 1. The Morgan fingerprint density at radius 3 is 2.38 bits per heavy atom. The van der Waals surface area contributed by atoms with Gasteiger partial charge in [0.15, 0.2) is 11.9 Å². The number of hydrogen-bond donors (Lipinski definition) is 4. The lowest BCUT2D eigenvalue weighted by atomic mass is 9.90. The zero-order valence-corrected chi connectivity index (χ0v) is 24.0. The summed E-state index contributed by atoms with van der Waals surface area (Å²) in [6.45, 7) is 3.76. The van der Waals surface area contributed by atoms with Gasteiger partial charge in [0.05, 0.1) is 13.7 Å². The summed E-state index contributed by atoms with van der Waals surface area (Å²) in [5.41, 5.74) is 10.5. The van der Waals surface area contributed by atoms with E-state index >= 15 is 4.39 Å². The summed E-state index contributed by atoms with van der Waals surface area (Å²) in [5.74, 6) is -1.35. The van der Waals surface area contributed by atoms with E-state index in [0.29, 0.717) is 17.0 Å². The monoisotopic (exact) mass is 576 g/mol. The van der Waals surface area contributed by atoms with Crippen molar-refractivity contribution < 1.29 is 28.6 Å². The summed E-state index contributed by atoms with van der Waals surface area (Å²) < 4.78 is 20.7. The molecule has 1 unspecified atom stereocenters. The van der Waals surface area contributed by atoms with Gasteiger partial charge in [-0.1, -0.05) is 30.3 Å². The molecule has 42 heavy (non-hydrogen) atoms. The van der Waals surface area contributed by atoms with Gasteiger partial charge in [0.25, 0.3) is 5.91 Å². The number of nitrogens with one attached hydrogen (secondary N) is 2. The van der Waals surface area contributed by atoms with Gasteiger partial charge in [-0.2, -0.15) is 5.10 Å². The highest BCUT2D eigenvalue weighted by Gasteiger charge is 2.35. The molecule has 1 atom stereocenters. The van der Waals surface area contributed by atoms with Crippen LogP contribution >= 0.6 is 0 Å². The van der Waals surface area contributed by atoms with Crippen LogP contribution in [-0.4, -0.2) is 72.6 Å². The fourth-order valence-electron chi connectivity index (χ4n) is 4.86. The van der Waals surface area contributed by atoms with E-state index < -0.39 is 29.9 Å². The van der Waals surface area contributed by atoms with Crippen LogP contribution in [0.1, 0.15) is 16.7 Å². The number of primary amides is 1. The summed E-state index contributed by atoms with van der Waals surface area (Å²) in [7, 11) is 4.23. The van der Waals surface area contributed by atoms with E-state index in [1.807, 2.05) is 38.1 Å². The van der Waals surface area contributed by atoms with E-state index in [4.69, 9.17) is 10.5 Å². The topological polar surface area (TPSA) is 150 Å². The number of nitrogens with two attached hydrogens (primary N) is 1. The number of carbonyl (C=O) groups is 3. The molecule has 0 spiro atoms. The van der Waals surface area contributed by atoms with Gasteiger partial charge in [-0.3, -0.25) is 14.5 Å². The molecule has 12 heteroatoms. The Kier molecular flexibility index (Phi) is 8.88. The molecular weight excluding hydrogens is 543 g/mol. The first kappa shape index (κ1) is 30.2. The largest absolute Gasteiger partial charge is 0.496 e. The average Bonchev–Trinajstić information content (AvgIpc) is 2.95. The predicted octanol–water partition coefficient (Wildman–Crippen LogP) is 2.97. The molecular formula is C30H33FN6O5. The predicted molar refractivity (Wildman–Crippen MR) is 157 cm³/mol. The Balaban J connectivity index is 1.67. The number of benzene rings is 3. The second kappa shape index (κ2) is 12.4. The van der Waals surface area contributed by atoms with Crippen molar-refractivity contribution in [2.75, 3.05) is 33.1 Å². The van der Waals surface area contributed by atoms with Crippen molar-refractivity contribution in [1.29, 1.82) is 0 Å². The smallest absolute Gasteiger partial charge is 0.342 e. The van der Waals surface area contributed by atoms with Gasteiger partial charge in [0, 0.05) is 31.9 Å². The minimum atomic E-state index is -1.49. The summed E-state index contributed by atoms with van der Waals surface area (Å²) in [6.07, 6.45) is -1.49. The van der Waals surface area contributed by atoms with E-state index in [9.17, 15) is 19.5 Å². The molecule has 220 valence electrons. The van der Waals surface area contributed by atoms with E-state index in [0.717, 1.165) is 37.7 Å². The maximum atomic E-state index is 15.2. The van der Waals surface area contributed by atoms with Crippen molar-refractivity contribution in [2.24, 2.45) is 10.8 Å². The second-order valence-corrected chi connectivity index (χ2v) is 9.90. The maximum absolute atomic E-state index is 15.2. The zero-order chi connectivity index (χ0) is 30.7. The minimum Gasteiger partial charge on any atom is -0.496 e. The molecule has 3 aromatic rings. The fourth-order valence-corrected chi connectivity index (χ4v) is 4.86. The maximum Gasteiger partial charge on any atom is 0.342 e. The molecule has 1 aliphatic rings. The molecule has 0 radical (unpaired) electrons. The number of carbonyl (C=O) groups excluding carboxylic acids is 3. The van der Waals surface area contributed by atoms with Gasteiger partial charge in [0.1, 0.15) is 11.6 Å². The number of hydrogen-bond acceptors (Lipinski definition) is 7. The standard InChI is InChI=1S/C30H33FN6O5/c1-16-19(18-12-23(31)22(25(13-18)42-5)14-33-15-26(32)38)8-6-9-20(16)21-10-7-11-24(17(21)2)34-28(39)27-29(40)36(3)30(41)37(4)35-27/h6-13,29,33,40H,14-15H2,1-5H3,(H2,32,38)(H,34,39). The van der Waals surface area contributed by atoms with Crippen LogP contribution in [0, 0.1) is 19.7 Å². The summed E-state index contributed by atoms with van der Waals surface area (Å²) in [5, 5.41) is 21.0. The first-order valence-electron chi connectivity index (χ1n) is 13.1. The van der Waals surface area contributed by atoms with Gasteiger partial charge < -0.3 is 26.2 Å².